The van der Waals surface area contributed by atoms with E-state index in [1.54, 1.807) is 0 Å². The van der Waals surface area contributed by atoms with E-state index in [-0.39, 0.29) is 25.2 Å². The molecule has 2 atom stereocenters. The Kier molecular flexibility index (Phi) is 2.70. The summed E-state index contributed by atoms with van der Waals surface area (Å²) in [5.74, 6) is 0.839. The smallest absolute Gasteiger partial charge is 0.127 e. The molecule has 0 saturated carbocycles. The van der Waals surface area contributed by atoms with E-state index in [0.717, 1.165) is 17.7 Å². The van der Waals surface area contributed by atoms with Gasteiger partial charge in [-0.25, -0.2) is 0 Å². The molecule has 0 spiro atoms. The van der Waals surface area contributed by atoms with E-state index in [1.807, 2.05) is 24.3 Å². The molecule has 14 heavy (non-hydrogen) atoms. The van der Waals surface area contributed by atoms with Gasteiger partial charge in [0.05, 0.1) is 6.61 Å². The van der Waals surface area contributed by atoms with Gasteiger partial charge in [0.1, 0.15) is 11.9 Å². The molecule has 2 N–H and O–H groups in total. The molecule has 1 heterocycles. The molecule has 0 amide bonds. The Bertz CT molecular complexity index is 280. The highest BCUT2D eigenvalue weighted by Gasteiger charge is 2.28. The van der Waals surface area contributed by atoms with Gasteiger partial charge in [0.15, 0.2) is 0 Å². The van der Waals surface area contributed by atoms with Crippen molar-refractivity contribution in [3.63, 3.8) is 0 Å². The summed E-state index contributed by atoms with van der Waals surface area (Å²) in [4.78, 5) is 0. The minimum Gasteiger partial charge on any atom is -0.487 e. The number of hydrogen-bond acceptors (Lipinski definition) is 3. The number of fused-ring (bicyclic) bond motifs is 1. The molecular weight excluding hydrogens is 180 g/mol. The first-order chi connectivity index (χ1) is 6.85. The van der Waals surface area contributed by atoms with Crippen LogP contribution in [-0.2, 0) is 6.42 Å². The lowest BCUT2D eigenvalue weighted by Gasteiger charge is -2.31. The standard InChI is InChI=1S/C11H14O3/c12-6-9-5-8-3-1-2-4-10(8)14-11(9)7-13/h1-4,9,11-13H,5-7H2/t9-,11-/m0/s1. The van der Waals surface area contributed by atoms with Crippen LogP contribution in [0, 0.1) is 5.92 Å². The van der Waals surface area contributed by atoms with E-state index >= 15 is 0 Å². The van der Waals surface area contributed by atoms with Crippen molar-refractivity contribution >= 4 is 0 Å². The van der Waals surface area contributed by atoms with E-state index in [0.29, 0.717) is 0 Å². The van der Waals surface area contributed by atoms with Crippen molar-refractivity contribution in [2.75, 3.05) is 13.2 Å². The Hall–Kier alpha value is -1.06. The Balaban J connectivity index is 2.25. The third-order valence-electron chi connectivity index (χ3n) is 2.67. The van der Waals surface area contributed by atoms with Crippen LogP contribution in [0.2, 0.25) is 0 Å². The lowest BCUT2D eigenvalue weighted by atomic mass is 9.92. The number of benzene rings is 1. The fourth-order valence-corrected chi connectivity index (χ4v) is 1.83. The van der Waals surface area contributed by atoms with Crippen LogP contribution in [0.5, 0.6) is 5.75 Å². The van der Waals surface area contributed by atoms with Gasteiger partial charge in [-0.05, 0) is 18.1 Å². The zero-order valence-corrected chi connectivity index (χ0v) is 7.89. The third kappa shape index (κ3) is 1.61. The lowest BCUT2D eigenvalue weighted by molar-refractivity contribution is 0.0277. The molecule has 0 bridgehead atoms. The molecule has 0 fully saturated rings. The number of aliphatic hydroxyl groups is 2. The predicted octanol–water partition coefficient (Wildman–Crippen LogP) is 0.591. The summed E-state index contributed by atoms with van der Waals surface area (Å²) in [5.41, 5.74) is 1.11. The summed E-state index contributed by atoms with van der Waals surface area (Å²) in [6, 6.07) is 7.75. The second-order valence-electron chi connectivity index (χ2n) is 3.59. The summed E-state index contributed by atoms with van der Waals surface area (Å²) in [7, 11) is 0. The van der Waals surface area contributed by atoms with Crippen molar-refractivity contribution in [3.8, 4) is 5.75 Å². The second kappa shape index (κ2) is 3.98. The highest BCUT2D eigenvalue weighted by Crippen LogP contribution is 2.30. The van der Waals surface area contributed by atoms with Crippen molar-refractivity contribution in [3.05, 3.63) is 29.8 Å². The van der Waals surface area contributed by atoms with Gasteiger partial charge in [0.2, 0.25) is 0 Å². The molecule has 3 nitrogen and oxygen atoms in total. The Morgan fingerprint density at radius 1 is 1.21 bits per heavy atom. The maximum atomic E-state index is 9.13. The van der Waals surface area contributed by atoms with Crippen molar-refractivity contribution < 1.29 is 14.9 Å². The lowest BCUT2D eigenvalue weighted by Crippen LogP contribution is -2.37. The molecule has 1 aliphatic rings. The molecular formula is C11H14O3. The SMILES string of the molecule is OC[C@@H]1Cc2ccccc2O[C@H]1CO. The summed E-state index contributed by atoms with van der Waals surface area (Å²) >= 11 is 0. The fourth-order valence-electron chi connectivity index (χ4n) is 1.83. The van der Waals surface area contributed by atoms with E-state index in [9.17, 15) is 0 Å². The summed E-state index contributed by atoms with van der Waals surface area (Å²) in [6.45, 7) is 0.0130. The van der Waals surface area contributed by atoms with Crippen LogP contribution in [0.1, 0.15) is 5.56 Å². The maximum Gasteiger partial charge on any atom is 0.127 e. The van der Waals surface area contributed by atoms with Crippen molar-refractivity contribution in [1.82, 2.24) is 0 Å². The van der Waals surface area contributed by atoms with Gasteiger partial charge in [0, 0.05) is 12.5 Å². The number of hydrogen-bond donors (Lipinski definition) is 2. The average molecular weight is 194 g/mol. The minimum atomic E-state index is -0.269. The van der Waals surface area contributed by atoms with Crippen molar-refractivity contribution in [2.24, 2.45) is 5.92 Å². The molecule has 2 rings (SSSR count). The highest BCUT2D eigenvalue weighted by atomic mass is 16.5. The first-order valence-corrected chi connectivity index (χ1v) is 4.81. The maximum absolute atomic E-state index is 9.13. The summed E-state index contributed by atoms with van der Waals surface area (Å²) in [6.07, 6.45) is 0.507. The first kappa shape index (κ1) is 9.49. The summed E-state index contributed by atoms with van der Waals surface area (Å²) < 4.78 is 5.57. The summed E-state index contributed by atoms with van der Waals surface area (Å²) in [5, 5.41) is 18.2. The van der Waals surface area contributed by atoms with Gasteiger partial charge in [-0.1, -0.05) is 18.2 Å². The molecule has 3 heteroatoms. The highest BCUT2D eigenvalue weighted by molar-refractivity contribution is 5.35. The zero-order valence-electron chi connectivity index (χ0n) is 7.89. The van der Waals surface area contributed by atoms with Crippen LogP contribution in [0.15, 0.2) is 24.3 Å². The van der Waals surface area contributed by atoms with Gasteiger partial charge in [-0.15, -0.1) is 0 Å². The van der Waals surface area contributed by atoms with Gasteiger partial charge >= 0.3 is 0 Å². The van der Waals surface area contributed by atoms with E-state index in [4.69, 9.17) is 14.9 Å². The van der Waals surface area contributed by atoms with Crippen LogP contribution < -0.4 is 4.74 Å². The number of para-hydroxylation sites is 1. The molecule has 0 unspecified atom stereocenters. The molecule has 0 aromatic heterocycles. The third-order valence-corrected chi connectivity index (χ3v) is 2.67. The largest absolute Gasteiger partial charge is 0.487 e. The fraction of sp³-hybridized carbons (Fsp3) is 0.455. The Labute approximate surface area is 83.0 Å². The van der Waals surface area contributed by atoms with Crippen molar-refractivity contribution in [2.45, 2.75) is 12.5 Å². The molecule has 1 aliphatic heterocycles. The van der Waals surface area contributed by atoms with Crippen LogP contribution in [0.3, 0.4) is 0 Å². The topological polar surface area (TPSA) is 49.7 Å². The molecule has 0 radical (unpaired) electrons. The van der Waals surface area contributed by atoms with Crippen LogP contribution in [0.4, 0.5) is 0 Å². The minimum absolute atomic E-state index is 0.00917. The monoisotopic (exact) mass is 194 g/mol. The van der Waals surface area contributed by atoms with E-state index < -0.39 is 0 Å². The van der Waals surface area contributed by atoms with E-state index in [2.05, 4.69) is 0 Å². The predicted molar refractivity (Wildman–Crippen MR) is 52.2 cm³/mol. The molecule has 1 aromatic carbocycles. The number of rotatable bonds is 2. The van der Waals surface area contributed by atoms with Crippen LogP contribution >= 0.6 is 0 Å². The van der Waals surface area contributed by atoms with Gasteiger partial charge in [-0.2, -0.15) is 0 Å². The quantitative estimate of drug-likeness (QED) is 0.724. The van der Waals surface area contributed by atoms with Crippen LogP contribution in [0.25, 0.3) is 0 Å². The molecule has 1 aromatic rings. The van der Waals surface area contributed by atoms with Gasteiger partial charge < -0.3 is 14.9 Å². The molecule has 0 aliphatic carbocycles. The van der Waals surface area contributed by atoms with E-state index in [1.165, 1.54) is 0 Å². The Morgan fingerprint density at radius 3 is 2.71 bits per heavy atom. The van der Waals surface area contributed by atoms with Gasteiger partial charge in [-0.3, -0.25) is 0 Å². The molecule has 76 valence electrons. The normalized spacial score (nSPS) is 25.3. The second-order valence-corrected chi connectivity index (χ2v) is 3.59. The molecule has 0 saturated heterocycles. The average Bonchev–Trinajstić information content (AvgIpc) is 2.27. The number of aliphatic hydroxyl groups excluding tert-OH is 2. The number of ether oxygens (including phenoxy) is 1. The van der Waals surface area contributed by atoms with Crippen molar-refractivity contribution in [1.29, 1.82) is 0 Å². The Morgan fingerprint density at radius 2 is 2.00 bits per heavy atom. The zero-order chi connectivity index (χ0) is 9.97. The first-order valence-electron chi connectivity index (χ1n) is 4.81. The van der Waals surface area contributed by atoms with Gasteiger partial charge in [0.25, 0.3) is 0 Å². The van der Waals surface area contributed by atoms with Crippen LogP contribution in [-0.4, -0.2) is 29.5 Å².